The van der Waals surface area contributed by atoms with Crippen molar-refractivity contribution < 1.29 is 27.6 Å². The Morgan fingerprint density at radius 2 is 1.96 bits per heavy atom. The predicted octanol–water partition coefficient (Wildman–Crippen LogP) is 1.79. The first-order chi connectivity index (χ1) is 12.6. The highest BCUT2D eigenvalue weighted by Crippen LogP contribution is 2.32. The molecule has 1 aliphatic heterocycles. The SMILES string of the molecule is CN(C)C(=O)C(CC=O)N1CCN(c2cccc(C(F)(F)F)c2)CCC1=O. The molecule has 0 spiro atoms. The van der Waals surface area contributed by atoms with Gasteiger partial charge < -0.3 is 19.5 Å². The lowest BCUT2D eigenvalue weighted by atomic mass is 10.1. The first kappa shape index (κ1) is 20.7. The molecule has 0 radical (unpaired) electrons. The molecule has 1 atom stereocenters. The number of likely N-dealkylation sites (N-methyl/N-ethyl adjacent to an activating group) is 1. The van der Waals surface area contributed by atoms with Crippen LogP contribution in [-0.4, -0.2) is 67.7 Å². The van der Waals surface area contributed by atoms with E-state index < -0.39 is 17.8 Å². The number of alkyl halides is 3. The van der Waals surface area contributed by atoms with Crippen LogP contribution in [0.15, 0.2) is 24.3 Å². The second kappa shape index (κ2) is 8.41. The normalized spacial score (nSPS) is 16.7. The average Bonchev–Trinajstić information content (AvgIpc) is 2.80. The van der Waals surface area contributed by atoms with E-state index in [1.165, 1.54) is 30.0 Å². The highest BCUT2D eigenvalue weighted by molar-refractivity contribution is 5.89. The molecule has 0 aromatic heterocycles. The molecule has 1 unspecified atom stereocenters. The predicted molar refractivity (Wildman–Crippen MR) is 93.2 cm³/mol. The fourth-order valence-corrected chi connectivity index (χ4v) is 3.06. The molecule has 1 aliphatic rings. The standard InChI is InChI=1S/C18H22F3N3O3/c1-22(2)17(27)15(7-11-25)24-10-9-23(8-6-16(24)26)14-5-3-4-13(12-14)18(19,20)21/h3-5,11-12,15H,6-10H2,1-2H3. The van der Waals surface area contributed by atoms with Gasteiger partial charge in [-0.1, -0.05) is 6.07 Å². The summed E-state index contributed by atoms with van der Waals surface area (Å²) in [5.41, 5.74) is -0.389. The minimum Gasteiger partial charge on any atom is -0.369 e. The van der Waals surface area contributed by atoms with Crippen molar-refractivity contribution in [2.45, 2.75) is 25.1 Å². The van der Waals surface area contributed by atoms with E-state index in [0.29, 0.717) is 12.0 Å². The number of rotatable bonds is 5. The molecule has 1 aromatic rings. The maximum atomic E-state index is 12.9. The second-order valence-corrected chi connectivity index (χ2v) is 6.52. The van der Waals surface area contributed by atoms with Crippen LogP contribution in [0.25, 0.3) is 0 Å². The summed E-state index contributed by atoms with van der Waals surface area (Å²) in [5.74, 6) is -0.658. The lowest BCUT2D eigenvalue weighted by molar-refractivity contribution is -0.144. The summed E-state index contributed by atoms with van der Waals surface area (Å²) in [6.45, 7) is 0.650. The quantitative estimate of drug-likeness (QED) is 0.725. The van der Waals surface area contributed by atoms with Gasteiger partial charge in [0.05, 0.1) is 5.56 Å². The zero-order valence-electron chi connectivity index (χ0n) is 15.2. The Morgan fingerprint density at radius 1 is 1.26 bits per heavy atom. The molecule has 0 saturated carbocycles. The van der Waals surface area contributed by atoms with E-state index in [1.54, 1.807) is 11.0 Å². The average molecular weight is 385 g/mol. The topological polar surface area (TPSA) is 60.9 Å². The van der Waals surface area contributed by atoms with E-state index in [-0.39, 0.29) is 44.3 Å². The molecule has 0 bridgehead atoms. The van der Waals surface area contributed by atoms with Crippen LogP contribution in [-0.2, 0) is 20.6 Å². The molecule has 1 aromatic carbocycles. The van der Waals surface area contributed by atoms with Crippen LogP contribution in [0.1, 0.15) is 18.4 Å². The van der Waals surface area contributed by atoms with Crippen molar-refractivity contribution in [1.29, 1.82) is 0 Å². The van der Waals surface area contributed by atoms with E-state index in [0.717, 1.165) is 12.1 Å². The van der Waals surface area contributed by atoms with Gasteiger partial charge in [-0.2, -0.15) is 13.2 Å². The summed E-state index contributed by atoms with van der Waals surface area (Å²) < 4.78 is 38.8. The van der Waals surface area contributed by atoms with Gasteiger partial charge in [0.25, 0.3) is 0 Å². The lowest BCUT2D eigenvalue weighted by Crippen LogP contribution is -2.50. The van der Waals surface area contributed by atoms with Crippen molar-refractivity contribution in [3.63, 3.8) is 0 Å². The van der Waals surface area contributed by atoms with Crippen molar-refractivity contribution in [2.24, 2.45) is 0 Å². The van der Waals surface area contributed by atoms with Crippen molar-refractivity contribution >= 4 is 23.8 Å². The van der Waals surface area contributed by atoms with E-state index in [1.807, 2.05) is 0 Å². The van der Waals surface area contributed by atoms with Gasteiger partial charge in [-0.25, -0.2) is 0 Å². The molecular weight excluding hydrogens is 363 g/mol. The Hall–Kier alpha value is -2.58. The Labute approximate surface area is 155 Å². The van der Waals surface area contributed by atoms with E-state index in [4.69, 9.17) is 0 Å². The molecule has 0 aliphatic carbocycles. The molecule has 0 N–H and O–H groups in total. The number of carbonyl (C=O) groups is 3. The largest absolute Gasteiger partial charge is 0.416 e. The Morgan fingerprint density at radius 3 is 2.56 bits per heavy atom. The molecule has 148 valence electrons. The summed E-state index contributed by atoms with van der Waals surface area (Å²) in [6.07, 6.45) is -3.93. The minimum absolute atomic E-state index is 0.0479. The maximum Gasteiger partial charge on any atom is 0.416 e. The van der Waals surface area contributed by atoms with E-state index in [9.17, 15) is 27.6 Å². The number of amides is 2. The minimum atomic E-state index is -4.45. The molecule has 6 nitrogen and oxygen atoms in total. The molecule has 27 heavy (non-hydrogen) atoms. The van der Waals surface area contributed by atoms with Gasteiger partial charge in [-0.3, -0.25) is 9.59 Å². The Bertz CT molecular complexity index is 707. The van der Waals surface area contributed by atoms with E-state index in [2.05, 4.69) is 0 Å². The molecule has 2 rings (SSSR count). The number of carbonyl (C=O) groups excluding carboxylic acids is 3. The van der Waals surface area contributed by atoms with Crippen LogP contribution in [0, 0.1) is 0 Å². The third-order valence-corrected chi connectivity index (χ3v) is 4.49. The first-order valence-electron chi connectivity index (χ1n) is 8.51. The highest BCUT2D eigenvalue weighted by atomic mass is 19.4. The van der Waals surface area contributed by atoms with E-state index >= 15 is 0 Å². The van der Waals surface area contributed by atoms with Crippen LogP contribution in [0.3, 0.4) is 0 Å². The molecular formula is C18H22F3N3O3. The van der Waals surface area contributed by atoms with Crippen LogP contribution >= 0.6 is 0 Å². The van der Waals surface area contributed by atoms with Crippen LogP contribution < -0.4 is 4.90 Å². The first-order valence-corrected chi connectivity index (χ1v) is 8.51. The molecule has 1 saturated heterocycles. The number of aldehydes is 1. The van der Waals surface area contributed by atoms with Gasteiger partial charge in [0.1, 0.15) is 12.3 Å². The van der Waals surface area contributed by atoms with Crippen LogP contribution in [0.4, 0.5) is 18.9 Å². The molecule has 1 fully saturated rings. The summed E-state index contributed by atoms with van der Waals surface area (Å²) >= 11 is 0. The zero-order valence-corrected chi connectivity index (χ0v) is 15.2. The van der Waals surface area contributed by atoms with Gasteiger partial charge in [-0.05, 0) is 18.2 Å². The number of anilines is 1. The molecule has 1 heterocycles. The third kappa shape index (κ3) is 4.99. The maximum absolute atomic E-state index is 12.9. The Kier molecular flexibility index (Phi) is 6.45. The second-order valence-electron chi connectivity index (χ2n) is 6.52. The number of hydrogen-bond acceptors (Lipinski definition) is 4. The fourth-order valence-electron chi connectivity index (χ4n) is 3.06. The van der Waals surface area contributed by atoms with Gasteiger partial charge in [-0.15, -0.1) is 0 Å². The fraction of sp³-hybridized carbons (Fsp3) is 0.500. The highest BCUT2D eigenvalue weighted by Gasteiger charge is 2.34. The van der Waals surface area contributed by atoms with Gasteiger partial charge >= 0.3 is 6.18 Å². The number of hydrogen-bond donors (Lipinski definition) is 0. The number of halogens is 3. The van der Waals surface area contributed by atoms with Gasteiger partial charge in [0, 0.05) is 52.3 Å². The van der Waals surface area contributed by atoms with Crippen molar-refractivity contribution in [3.05, 3.63) is 29.8 Å². The lowest BCUT2D eigenvalue weighted by Gasteiger charge is -2.31. The monoisotopic (exact) mass is 385 g/mol. The van der Waals surface area contributed by atoms with Crippen LogP contribution in [0.2, 0.25) is 0 Å². The smallest absolute Gasteiger partial charge is 0.369 e. The summed E-state index contributed by atoms with van der Waals surface area (Å²) in [6, 6.07) is 4.03. The van der Waals surface area contributed by atoms with Crippen LogP contribution in [0.5, 0.6) is 0 Å². The summed E-state index contributed by atoms with van der Waals surface area (Å²) in [4.78, 5) is 40.1. The van der Waals surface area contributed by atoms with Crippen molar-refractivity contribution in [1.82, 2.24) is 9.80 Å². The van der Waals surface area contributed by atoms with Gasteiger partial charge in [0.15, 0.2) is 0 Å². The van der Waals surface area contributed by atoms with Crippen molar-refractivity contribution in [3.8, 4) is 0 Å². The third-order valence-electron chi connectivity index (χ3n) is 4.49. The van der Waals surface area contributed by atoms with Gasteiger partial charge in [0.2, 0.25) is 11.8 Å². The number of benzene rings is 1. The summed E-state index contributed by atoms with van der Waals surface area (Å²) in [5, 5.41) is 0. The zero-order chi connectivity index (χ0) is 20.2. The van der Waals surface area contributed by atoms with Crippen molar-refractivity contribution in [2.75, 3.05) is 38.6 Å². The number of nitrogens with zero attached hydrogens (tertiary/aromatic N) is 3. The Balaban J connectivity index is 2.21. The summed E-state index contributed by atoms with van der Waals surface area (Å²) in [7, 11) is 3.08. The molecule has 2 amide bonds. The molecule has 9 heteroatoms.